The first-order valence-electron chi connectivity index (χ1n) is 5.97. The summed E-state index contributed by atoms with van der Waals surface area (Å²) in [5, 5.41) is 10.5. The van der Waals surface area contributed by atoms with Crippen LogP contribution in [-0.2, 0) is 6.42 Å². The van der Waals surface area contributed by atoms with Gasteiger partial charge in [-0.25, -0.2) is 0 Å². The van der Waals surface area contributed by atoms with Gasteiger partial charge in [0.25, 0.3) is 0 Å². The zero-order valence-corrected chi connectivity index (χ0v) is 10.1. The van der Waals surface area contributed by atoms with Crippen molar-refractivity contribution in [3.63, 3.8) is 0 Å². The van der Waals surface area contributed by atoms with Crippen LogP contribution in [0.3, 0.4) is 0 Å². The maximum atomic E-state index is 10.5. The molecule has 1 aromatic rings. The Balaban J connectivity index is 2.14. The molecule has 0 radical (unpaired) electrons. The van der Waals surface area contributed by atoms with E-state index in [9.17, 15) is 5.11 Å². The van der Waals surface area contributed by atoms with E-state index in [1.54, 1.807) is 7.11 Å². The molecule has 2 rings (SSSR count). The Morgan fingerprint density at radius 3 is 2.81 bits per heavy atom. The Hall–Kier alpha value is -1.02. The third-order valence-corrected chi connectivity index (χ3v) is 3.54. The van der Waals surface area contributed by atoms with Crippen molar-refractivity contribution in [1.29, 1.82) is 0 Å². The summed E-state index contributed by atoms with van der Waals surface area (Å²) in [6.07, 6.45) is 3.66. The molecule has 2 unspecified atom stereocenters. The smallest absolute Gasteiger partial charge is 0.122 e. The molecule has 1 N–H and O–H groups in total. The Morgan fingerprint density at radius 1 is 1.44 bits per heavy atom. The summed E-state index contributed by atoms with van der Waals surface area (Å²) in [5.74, 6) is 1.52. The molecule has 1 saturated carbocycles. The second kappa shape index (κ2) is 4.46. The van der Waals surface area contributed by atoms with Crippen molar-refractivity contribution in [3.05, 3.63) is 29.8 Å². The van der Waals surface area contributed by atoms with Gasteiger partial charge in [-0.1, -0.05) is 25.1 Å². The van der Waals surface area contributed by atoms with E-state index in [1.165, 1.54) is 0 Å². The standard InChI is InChI=1S/C14H20O2/c1-11-7-8-14(15,9-11)10-12-5-3-4-6-13(12)16-2/h3-6,11,15H,7-10H2,1-2H3. The van der Waals surface area contributed by atoms with Gasteiger partial charge in [-0.05, 0) is 36.8 Å². The van der Waals surface area contributed by atoms with E-state index < -0.39 is 5.60 Å². The van der Waals surface area contributed by atoms with Crippen LogP contribution in [0.5, 0.6) is 5.75 Å². The topological polar surface area (TPSA) is 29.5 Å². The predicted octanol–water partition coefficient (Wildman–Crippen LogP) is 2.79. The highest BCUT2D eigenvalue weighted by molar-refractivity contribution is 5.34. The van der Waals surface area contributed by atoms with E-state index >= 15 is 0 Å². The molecule has 0 aromatic heterocycles. The molecule has 0 aliphatic heterocycles. The van der Waals surface area contributed by atoms with E-state index in [4.69, 9.17) is 4.74 Å². The molecule has 0 heterocycles. The van der Waals surface area contributed by atoms with Gasteiger partial charge in [-0.2, -0.15) is 0 Å². The number of hydrogen-bond donors (Lipinski definition) is 1. The van der Waals surface area contributed by atoms with Gasteiger partial charge < -0.3 is 9.84 Å². The van der Waals surface area contributed by atoms with Crippen molar-refractivity contribution in [2.24, 2.45) is 5.92 Å². The van der Waals surface area contributed by atoms with E-state index in [1.807, 2.05) is 24.3 Å². The Morgan fingerprint density at radius 2 is 2.19 bits per heavy atom. The number of hydrogen-bond acceptors (Lipinski definition) is 2. The summed E-state index contributed by atoms with van der Waals surface area (Å²) >= 11 is 0. The predicted molar refractivity (Wildman–Crippen MR) is 64.7 cm³/mol. The highest BCUT2D eigenvalue weighted by Gasteiger charge is 2.35. The van der Waals surface area contributed by atoms with Crippen LogP contribution in [0.15, 0.2) is 24.3 Å². The molecule has 1 aromatic carbocycles. The molecule has 88 valence electrons. The van der Waals surface area contributed by atoms with E-state index in [2.05, 4.69) is 6.92 Å². The normalized spacial score (nSPS) is 29.3. The lowest BCUT2D eigenvalue weighted by Crippen LogP contribution is -2.27. The Bertz CT molecular complexity index is 362. The summed E-state index contributed by atoms with van der Waals surface area (Å²) in [7, 11) is 1.68. The second-order valence-corrected chi connectivity index (χ2v) is 5.06. The lowest BCUT2D eigenvalue weighted by Gasteiger charge is -2.23. The molecule has 16 heavy (non-hydrogen) atoms. The summed E-state index contributed by atoms with van der Waals surface area (Å²) in [5.41, 5.74) is 0.593. The molecule has 0 amide bonds. The van der Waals surface area contributed by atoms with Gasteiger partial charge in [0.15, 0.2) is 0 Å². The minimum Gasteiger partial charge on any atom is -0.496 e. The first kappa shape index (κ1) is 11.5. The highest BCUT2D eigenvalue weighted by atomic mass is 16.5. The molecule has 1 fully saturated rings. The molecule has 2 atom stereocenters. The zero-order chi connectivity index (χ0) is 11.6. The summed E-state index contributed by atoms with van der Waals surface area (Å²) in [6, 6.07) is 7.96. The molecule has 2 heteroatoms. The Kier molecular flexibility index (Phi) is 3.20. The molecule has 1 aliphatic carbocycles. The molecular formula is C14H20O2. The lowest BCUT2D eigenvalue weighted by molar-refractivity contribution is 0.0440. The molecule has 2 nitrogen and oxygen atoms in total. The van der Waals surface area contributed by atoms with Crippen LogP contribution in [0.4, 0.5) is 0 Å². The number of rotatable bonds is 3. The minimum absolute atomic E-state index is 0.520. The van der Waals surface area contributed by atoms with Crippen LogP contribution in [0, 0.1) is 5.92 Å². The fourth-order valence-corrected chi connectivity index (χ4v) is 2.73. The van der Waals surface area contributed by atoms with Crippen LogP contribution >= 0.6 is 0 Å². The molecular weight excluding hydrogens is 200 g/mol. The first-order chi connectivity index (χ1) is 7.63. The number of methoxy groups -OCH3 is 1. The van der Waals surface area contributed by atoms with E-state index in [0.29, 0.717) is 12.3 Å². The summed E-state index contributed by atoms with van der Waals surface area (Å²) in [6.45, 7) is 2.21. The fraction of sp³-hybridized carbons (Fsp3) is 0.571. The van der Waals surface area contributed by atoms with Gasteiger partial charge in [-0.3, -0.25) is 0 Å². The maximum Gasteiger partial charge on any atom is 0.122 e. The quantitative estimate of drug-likeness (QED) is 0.848. The largest absolute Gasteiger partial charge is 0.496 e. The summed E-state index contributed by atoms with van der Waals surface area (Å²) < 4.78 is 5.32. The van der Waals surface area contributed by atoms with Crippen LogP contribution in [0.25, 0.3) is 0 Å². The SMILES string of the molecule is COc1ccccc1CC1(O)CCC(C)C1. The van der Waals surface area contributed by atoms with Crippen molar-refractivity contribution in [2.45, 2.75) is 38.2 Å². The number of aliphatic hydroxyl groups is 1. The minimum atomic E-state index is -0.520. The fourth-order valence-electron chi connectivity index (χ4n) is 2.73. The van der Waals surface area contributed by atoms with Crippen molar-refractivity contribution >= 4 is 0 Å². The maximum absolute atomic E-state index is 10.5. The number of para-hydroxylation sites is 1. The van der Waals surface area contributed by atoms with Crippen LogP contribution in [0.2, 0.25) is 0 Å². The van der Waals surface area contributed by atoms with Crippen LogP contribution in [0.1, 0.15) is 31.7 Å². The monoisotopic (exact) mass is 220 g/mol. The third-order valence-electron chi connectivity index (χ3n) is 3.54. The van der Waals surface area contributed by atoms with E-state index in [-0.39, 0.29) is 0 Å². The van der Waals surface area contributed by atoms with Crippen molar-refractivity contribution in [3.8, 4) is 5.75 Å². The van der Waals surface area contributed by atoms with Crippen LogP contribution in [-0.4, -0.2) is 17.8 Å². The number of ether oxygens (including phenoxy) is 1. The molecule has 0 saturated heterocycles. The van der Waals surface area contributed by atoms with Crippen molar-refractivity contribution < 1.29 is 9.84 Å². The average molecular weight is 220 g/mol. The van der Waals surface area contributed by atoms with Gasteiger partial charge in [0.05, 0.1) is 12.7 Å². The van der Waals surface area contributed by atoms with Crippen molar-refractivity contribution in [1.82, 2.24) is 0 Å². The van der Waals surface area contributed by atoms with Gasteiger partial charge >= 0.3 is 0 Å². The Labute approximate surface area is 97.3 Å². The highest BCUT2D eigenvalue weighted by Crippen LogP contribution is 2.38. The first-order valence-corrected chi connectivity index (χ1v) is 5.97. The van der Waals surface area contributed by atoms with Crippen LogP contribution < -0.4 is 4.74 Å². The third kappa shape index (κ3) is 2.38. The second-order valence-electron chi connectivity index (χ2n) is 5.06. The van der Waals surface area contributed by atoms with Gasteiger partial charge in [0.2, 0.25) is 0 Å². The molecule has 1 aliphatic rings. The number of benzene rings is 1. The zero-order valence-electron chi connectivity index (χ0n) is 10.1. The lowest BCUT2D eigenvalue weighted by atomic mass is 9.91. The van der Waals surface area contributed by atoms with Gasteiger partial charge in [0.1, 0.15) is 5.75 Å². The van der Waals surface area contributed by atoms with E-state index in [0.717, 1.165) is 30.6 Å². The van der Waals surface area contributed by atoms with Crippen molar-refractivity contribution in [2.75, 3.05) is 7.11 Å². The molecule has 0 spiro atoms. The van der Waals surface area contributed by atoms with Gasteiger partial charge in [-0.15, -0.1) is 0 Å². The average Bonchev–Trinajstić information content (AvgIpc) is 2.59. The van der Waals surface area contributed by atoms with Gasteiger partial charge in [0, 0.05) is 6.42 Å². The molecule has 0 bridgehead atoms. The summed E-state index contributed by atoms with van der Waals surface area (Å²) in [4.78, 5) is 0.